The molecular weight excluding hydrogens is 306 g/mol. The first-order chi connectivity index (χ1) is 9.26. The van der Waals surface area contributed by atoms with Crippen molar-refractivity contribution in [1.82, 2.24) is 5.32 Å². The topological polar surface area (TPSA) is 34.4 Å². The molecule has 1 aromatic carbocycles. The van der Waals surface area contributed by atoms with E-state index in [1.54, 1.807) is 13.4 Å². The summed E-state index contributed by atoms with van der Waals surface area (Å²) in [6, 6.07) is 9.94. The number of hydrogen-bond acceptors (Lipinski definition) is 3. The van der Waals surface area contributed by atoms with E-state index in [1.165, 1.54) is 0 Å². The van der Waals surface area contributed by atoms with Crippen LogP contribution in [0, 0.1) is 0 Å². The lowest BCUT2D eigenvalue weighted by Gasteiger charge is -2.19. The van der Waals surface area contributed by atoms with E-state index in [2.05, 4.69) is 34.2 Å². The van der Waals surface area contributed by atoms with Crippen molar-refractivity contribution in [3.05, 3.63) is 52.4 Å². The number of methoxy groups -OCH3 is 1. The summed E-state index contributed by atoms with van der Waals surface area (Å²) in [6.07, 6.45) is 2.76. The maximum Gasteiger partial charge on any atom is 0.125 e. The smallest absolute Gasteiger partial charge is 0.125 e. The van der Waals surface area contributed by atoms with Gasteiger partial charge < -0.3 is 14.5 Å². The fourth-order valence-corrected chi connectivity index (χ4v) is 2.37. The molecule has 0 aliphatic rings. The van der Waals surface area contributed by atoms with E-state index in [0.29, 0.717) is 0 Å². The summed E-state index contributed by atoms with van der Waals surface area (Å²) in [7, 11) is 1.68. The van der Waals surface area contributed by atoms with Crippen molar-refractivity contribution in [2.75, 3.05) is 13.7 Å². The zero-order chi connectivity index (χ0) is 13.7. The van der Waals surface area contributed by atoms with Gasteiger partial charge in [0.2, 0.25) is 0 Å². The Hall–Kier alpha value is -1.26. The molecule has 0 fully saturated rings. The van der Waals surface area contributed by atoms with Gasteiger partial charge >= 0.3 is 0 Å². The highest BCUT2D eigenvalue weighted by Crippen LogP contribution is 2.32. The minimum Gasteiger partial charge on any atom is -0.496 e. The molecule has 1 atom stereocenters. The van der Waals surface area contributed by atoms with Crippen LogP contribution < -0.4 is 10.1 Å². The maximum atomic E-state index is 5.55. The highest BCUT2D eigenvalue weighted by atomic mass is 79.9. The van der Waals surface area contributed by atoms with Crippen molar-refractivity contribution in [1.29, 1.82) is 0 Å². The van der Waals surface area contributed by atoms with Crippen molar-refractivity contribution in [2.45, 2.75) is 19.4 Å². The fourth-order valence-electron chi connectivity index (χ4n) is 2.03. The summed E-state index contributed by atoms with van der Waals surface area (Å²) in [4.78, 5) is 0. The summed E-state index contributed by atoms with van der Waals surface area (Å²) in [5, 5.41) is 3.49. The Kier molecular flexibility index (Phi) is 5.05. The lowest BCUT2D eigenvalue weighted by atomic mass is 10.0. The Labute approximate surface area is 122 Å². The molecule has 19 heavy (non-hydrogen) atoms. The lowest BCUT2D eigenvalue weighted by molar-refractivity contribution is 0.392. The molecule has 0 saturated carbocycles. The minimum atomic E-state index is 0.0120. The Balaban J connectivity index is 2.37. The van der Waals surface area contributed by atoms with Gasteiger partial charge in [0, 0.05) is 10.0 Å². The van der Waals surface area contributed by atoms with Gasteiger partial charge in [-0.2, -0.15) is 0 Å². The van der Waals surface area contributed by atoms with Crippen LogP contribution in [0.15, 0.2) is 45.5 Å². The van der Waals surface area contributed by atoms with Crippen molar-refractivity contribution in [3.8, 4) is 5.75 Å². The van der Waals surface area contributed by atoms with Gasteiger partial charge in [0.05, 0.1) is 19.4 Å². The number of furan rings is 1. The molecule has 1 N–H and O–H groups in total. The van der Waals surface area contributed by atoms with Crippen LogP contribution in [-0.2, 0) is 0 Å². The van der Waals surface area contributed by atoms with Crippen LogP contribution >= 0.6 is 15.9 Å². The van der Waals surface area contributed by atoms with Crippen LogP contribution in [-0.4, -0.2) is 13.7 Å². The van der Waals surface area contributed by atoms with Crippen LogP contribution in [0.4, 0.5) is 0 Å². The van der Waals surface area contributed by atoms with E-state index >= 15 is 0 Å². The van der Waals surface area contributed by atoms with Gasteiger partial charge in [-0.15, -0.1) is 0 Å². The average Bonchev–Trinajstić information content (AvgIpc) is 2.94. The largest absolute Gasteiger partial charge is 0.496 e. The molecule has 0 bridgehead atoms. The molecule has 4 heteroatoms. The van der Waals surface area contributed by atoms with Gasteiger partial charge in [-0.1, -0.05) is 28.9 Å². The zero-order valence-corrected chi connectivity index (χ0v) is 12.7. The molecule has 1 unspecified atom stereocenters. The molecule has 3 nitrogen and oxygen atoms in total. The second kappa shape index (κ2) is 6.78. The van der Waals surface area contributed by atoms with Gasteiger partial charge in [0.15, 0.2) is 0 Å². The third kappa shape index (κ3) is 3.39. The molecular formula is C15H18BrNO2. The summed E-state index contributed by atoms with van der Waals surface area (Å²) in [5.74, 6) is 1.74. The molecule has 0 amide bonds. The molecule has 102 valence electrons. The van der Waals surface area contributed by atoms with Crippen molar-refractivity contribution in [3.63, 3.8) is 0 Å². The molecule has 0 spiro atoms. The van der Waals surface area contributed by atoms with E-state index in [0.717, 1.165) is 34.5 Å². The third-order valence-electron chi connectivity index (χ3n) is 2.93. The number of ether oxygens (including phenoxy) is 1. The molecule has 0 saturated heterocycles. The summed E-state index contributed by atoms with van der Waals surface area (Å²) in [6.45, 7) is 3.07. The maximum absolute atomic E-state index is 5.55. The Morgan fingerprint density at radius 1 is 1.37 bits per heavy atom. The highest BCUT2D eigenvalue weighted by Gasteiger charge is 2.20. The number of benzene rings is 1. The first-order valence-electron chi connectivity index (χ1n) is 6.36. The van der Waals surface area contributed by atoms with Crippen LogP contribution in [0.2, 0.25) is 0 Å². The third-order valence-corrected chi connectivity index (χ3v) is 3.43. The standard InChI is InChI=1S/C15H18BrNO2/c1-3-8-17-15(13-5-4-9-19-13)12-7-6-11(16)10-14(12)18-2/h4-7,9-10,15,17H,3,8H2,1-2H3. The molecule has 0 radical (unpaired) electrons. The second-order valence-corrected chi connectivity index (χ2v) is 5.20. The van der Waals surface area contributed by atoms with Crippen LogP contribution in [0.5, 0.6) is 5.75 Å². The Morgan fingerprint density at radius 2 is 2.21 bits per heavy atom. The van der Waals surface area contributed by atoms with E-state index in [-0.39, 0.29) is 6.04 Å². The van der Waals surface area contributed by atoms with E-state index in [4.69, 9.17) is 9.15 Å². The summed E-state index contributed by atoms with van der Waals surface area (Å²) >= 11 is 3.46. The lowest BCUT2D eigenvalue weighted by Crippen LogP contribution is -2.23. The normalized spacial score (nSPS) is 12.4. The van der Waals surface area contributed by atoms with Crippen molar-refractivity contribution >= 4 is 15.9 Å². The van der Waals surface area contributed by atoms with Gasteiger partial charge in [0.1, 0.15) is 11.5 Å². The fraction of sp³-hybridized carbons (Fsp3) is 0.333. The molecule has 1 aromatic heterocycles. The average molecular weight is 324 g/mol. The molecule has 2 rings (SSSR count). The van der Waals surface area contributed by atoms with Gasteiger partial charge in [-0.05, 0) is 37.2 Å². The predicted molar refractivity (Wildman–Crippen MR) is 79.5 cm³/mol. The summed E-state index contributed by atoms with van der Waals surface area (Å²) in [5.41, 5.74) is 1.08. The molecule has 0 aliphatic heterocycles. The predicted octanol–water partition coefficient (Wildman–Crippen LogP) is 4.14. The van der Waals surface area contributed by atoms with Gasteiger partial charge in [-0.3, -0.25) is 0 Å². The number of halogens is 1. The van der Waals surface area contributed by atoms with Crippen LogP contribution in [0.25, 0.3) is 0 Å². The first kappa shape index (κ1) is 14.2. The van der Waals surface area contributed by atoms with Gasteiger partial charge in [0.25, 0.3) is 0 Å². The van der Waals surface area contributed by atoms with E-state index < -0.39 is 0 Å². The second-order valence-electron chi connectivity index (χ2n) is 4.29. The number of nitrogens with one attached hydrogen (secondary N) is 1. The number of rotatable bonds is 6. The minimum absolute atomic E-state index is 0.0120. The number of hydrogen-bond donors (Lipinski definition) is 1. The zero-order valence-electron chi connectivity index (χ0n) is 11.2. The van der Waals surface area contributed by atoms with Crippen molar-refractivity contribution < 1.29 is 9.15 Å². The van der Waals surface area contributed by atoms with E-state index in [1.807, 2.05) is 24.3 Å². The monoisotopic (exact) mass is 323 g/mol. The Morgan fingerprint density at radius 3 is 2.84 bits per heavy atom. The van der Waals surface area contributed by atoms with E-state index in [9.17, 15) is 0 Å². The molecule has 2 aromatic rings. The quantitative estimate of drug-likeness (QED) is 0.867. The van der Waals surface area contributed by atoms with Crippen molar-refractivity contribution in [2.24, 2.45) is 0 Å². The SMILES string of the molecule is CCCNC(c1ccco1)c1ccc(Br)cc1OC. The first-order valence-corrected chi connectivity index (χ1v) is 7.15. The molecule has 1 heterocycles. The van der Waals surface area contributed by atoms with Crippen LogP contribution in [0.1, 0.15) is 30.7 Å². The highest BCUT2D eigenvalue weighted by molar-refractivity contribution is 9.10. The Bertz CT molecular complexity index is 511. The molecule has 0 aliphatic carbocycles. The van der Waals surface area contributed by atoms with Gasteiger partial charge in [-0.25, -0.2) is 0 Å². The van der Waals surface area contributed by atoms with Crippen LogP contribution in [0.3, 0.4) is 0 Å². The summed E-state index contributed by atoms with van der Waals surface area (Å²) < 4.78 is 12.0.